The van der Waals surface area contributed by atoms with Crippen LogP contribution < -0.4 is 4.74 Å². The van der Waals surface area contributed by atoms with E-state index in [1.54, 1.807) is 18.2 Å². The molecule has 0 amide bonds. The van der Waals surface area contributed by atoms with Crippen molar-refractivity contribution in [1.82, 2.24) is 0 Å². The largest absolute Gasteiger partial charge is 0.488 e. The van der Waals surface area contributed by atoms with Gasteiger partial charge in [0.25, 0.3) is 0 Å². The van der Waals surface area contributed by atoms with Crippen LogP contribution in [-0.4, -0.2) is 11.7 Å². The molecule has 0 saturated carbocycles. The van der Waals surface area contributed by atoms with E-state index >= 15 is 0 Å². The molecule has 2 aromatic rings. The van der Waals surface area contributed by atoms with E-state index in [0.717, 1.165) is 5.56 Å². The second-order valence-electron chi connectivity index (χ2n) is 4.33. The Bertz CT molecular complexity index is 657. The molecule has 0 aliphatic heterocycles. The number of ether oxygens (including phenoxy) is 1. The first-order chi connectivity index (χ1) is 10.2. The Morgan fingerprint density at radius 1 is 1.14 bits per heavy atom. The van der Waals surface area contributed by atoms with E-state index in [4.69, 9.17) is 21.4 Å². The fraction of sp³-hybridized carbons (Fsp3) is 0.176. The van der Waals surface area contributed by atoms with Crippen molar-refractivity contribution in [2.24, 2.45) is 0 Å². The maximum atomic E-state index is 13.3. The monoisotopic (exact) mass is 304 g/mol. The normalized spacial score (nSPS) is 9.86. The fourth-order valence-corrected chi connectivity index (χ4v) is 1.81. The van der Waals surface area contributed by atoms with E-state index < -0.39 is 0 Å². The molecule has 0 fully saturated rings. The standard InChI is InChI=1S/C17H14ClFO2/c18-15-6-4-13(5-7-15)12-21-17-9-8-16(19)11-14(17)3-1-2-10-20/h4-9,11,20H,2,10,12H2. The molecule has 0 aromatic heterocycles. The van der Waals surface area contributed by atoms with E-state index in [1.165, 1.54) is 12.1 Å². The van der Waals surface area contributed by atoms with Gasteiger partial charge in [-0.25, -0.2) is 4.39 Å². The summed E-state index contributed by atoms with van der Waals surface area (Å²) in [4.78, 5) is 0. The molecule has 2 rings (SSSR count). The first-order valence-electron chi connectivity index (χ1n) is 6.45. The van der Waals surface area contributed by atoms with Gasteiger partial charge in [-0.15, -0.1) is 0 Å². The van der Waals surface area contributed by atoms with Crippen LogP contribution >= 0.6 is 11.6 Å². The van der Waals surface area contributed by atoms with Gasteiger partial charge in [0, 0.05) is 11.4 Å². The fourth-order valence-electron chi connectivity index (χ4n) is 1.68. The first kappa shape index (κ1) is 15.4. The summed E-state index contributed by atoms with van der Waals surface area (Å²) < 4.78 is 19.0. The van der Waals surface area contributed by atoms with Crippen LogP contribution in [0.4, 0.5) is 4.39 Å². The molecule has 0 radical (unpaired) electrons. The summed E-state index contributed by atoms with van der Waals surface area (Å²) in [5, 5.41) is 9.39. The van der Waals surface area contributed by atoms with Crippen molar-refractivity contribution in [3.05, 3.63) is 64.4 Å². The summed E-state index contributed by atoms with van der Waals surface area (Å²) in [6.45, 7) is 0.320. The van der Waals surface area contributed by atoms with Crippen molar-refractivity contribution in [2.45, 2.75) is 13.0 Å². The van der Waals surface area contributed by atoms with Crippen LogP contribution in [0.1, 0.15) is 17.5 Å². The lowest BCUT2D eigenvalue weighted by Crippen LogP contribution is -1.97. The highest BCUT2D eigenvalue weighted by Crippen LogP contribution is 2.20. The lowest BCUT2D eigenvalue weighted by molar-refractivity contribution is 0.304. The number of hydrogen-bond acceptors (Lipinski definition) is 2. The molecule has 0 unspecified atom stereocenters. The molecular formula is C17H14ClFO2. The van der Waals surface area contributed by atoms with Gasteiger partial charge in [0.15, 0.2) is 0 Å². The summed E-state index contributed by atoms with van der Waals surface area (Å²) >= 11 is 5.82. The molecule has 0 heterocycles. The van der Waals surface area contributed by atoms with Crippen LogP contribution in [-0.2, 0) is 6.61 Å². The average molecular weight is 305 g/mol. The van der Waals surface area contributed by atoms with Gasteiger partial charge >= 0.3 is 0 Å². The van der Waals surface area contributed by atoms with Crippen molar-refractivity contribution in [2.75, 3.05) is 6.61 Å². The Kier molecular flexibility index (Phi) is 5.62. The molecule has 0 bridgehead atoms. The van der Waals surface area contributed by atoms with Gasteiger partial charge in [-0.3, -0.25) is 0 Å². The summed E-state index contributed by atoms with van der Waals surface area (Å²) in [7, 11) is 0. The first-order valence-corrected chi connectivity index (χ1v) is 6.83. The van der Waals surface area contributed by atoms with Crippen LogP contribution in [0.3, 0.4) is 0 Å². The maximum absolute atomic E-state index is 13.3. The average Bonchev–Trinajstić information content (AvgIpc) is 2.48. The van der Waals surface area contributed by atoms with Crippen LogP contribution in [0.5, 0.6) is 5.75 Å². The molecule has 1 N–H and O–H groups in total. The van der Waals surface area contributed by atoms with Gasteiger partial charge < -0.3 is 9.84 Å². The second-order valence-corrected chi connectivity index (χ2v) is 4.77. The number of benzene rings is 2. The molecule has 21 heavy (non-hydrogen) atoms. The Morgan fingerprint density at radius 3 is 2.62 bits per heavy atom. The molecule has 0 aliphatic carbocycles. The Hall–Kier alpha value is -2.02. The Labute approximate surface area is 128 Å². The topological polar surface area (TPSA) is 29.5 Å². The van der Waals surface area contributed by atoms with Gasteiger partial charge in [-0.2, -0.15) is 0 Å². The minimum atomic E-state index is -0.373. The predicted molar refractivity (Wildman–Crippen MR) is 80.8 cm³/mol. The molecule has 4 heteroatoms. The maximum Gasteiger partial charge on any atom is 0.135 e. The summed E-state index contributed by atoms with van der Waals surface area (Å²) in [6, 6.07) is 11.5. The van der Waals surface area contributed by atoms with E-state index in [1.807, 2.05) is 12.1 Å². The second kappa shape index (κ2) is 7.68. The molecule has 0 atom stereocenters. The summed E-state index contributed by atoms with van der Waals surface area (Å²) in [5.74, 6) is 5.70. The third-order valence-electron chi connectivity index (χ3n) is 2.71. The lowest BCUT2D eigenvalue weighted by atomic mass is 10.2. The zero-order valence-corrected chi connectivity index (χ0v) is 12.0. The Morgan fingerprint density at radius 2 is 1.90 bits per heavy atom. The number of rotatable bonds is 4. The van der Waals surface area contributed by atoms with Crippen LogP contribution in [0.2, 0.25) is 5.02 Å². The minimum absolute atomic E-state index is 0.0245. The van der Waals surface area contributed by atoms with Crippen molar-refractivity contribution >= 4 is 11.6 Å². The molecule has 2 aromatic carbocycles. The van der Waals surface area contributed by atoms with Crippen LogP contribution in [0, 0.1) is 17.7 Å². The van der Waals surface area contributed by atoms with Crippen LogP contribution in [0.15, 0.2) is 42.5 Å². The molecule has 0 saturated heterocycles. The smallest absolute Gasteiger partial charge is 0.135 e. The highest BCUT2D eigenvalue weighted by molar-refractivity contribution is 6.30. The van der Waals surface area contributed by atoms with E-state index in [-0.39, 0.29) is 12.4 Å². The van der Waals surface area contributed by atoms with Gasteiger partial charge in [-0.05, 0) is 35.9 Å². The van der Waals surface area contributed by atoms with Gasteiger partial charge in [0.2, 0.25) is 0 Å². The molecule has 0 spiro atoms. The minimum Gasteiger partial charge on any atom is -0.488 e. The number of aliphatic hydroxyl groups excluding tert-OH is 1. The van der Waals surface area contributed by atoms with Gasteiger partial charge in [0.1, 0.15) is 18.2 Å². The third kappa shape index (κ3) is 4.78. The van der Waals surface area contributed by atoms with E-state index in [0.29, 0.717) is 29.4 Å². The highest BCUT2D eigenvalue weighted by Gasteiger charge is 2.04. The SMILES string of the molecule is OCCC#Cc1cc(F)ccc1OCc1ccc(Cl)cc1. The highest BCUT2D eigenvalue weighted by atomic mass is 35.5. The van der Waals surface area contributed by atoms with Crippen LogP contribution in [0.25, 0.3) is 0 Å². The quantitative estimate of drug-likeness (QED) is 0.871. The molecule has 0 aliphatic rings. The Balaban J connectivity index is 2.12. The molecule has 2 nitrogen and oxygen atoms in total. The zero-order valence-electron chi connectivity index (χ0n) is 11.3. The predicted octanol–water partition coefficient (Wildman–Crippen LogP) is 3.79. The van der Waals surface area contributed by atoms with Crippen molar-refractivity contribution < 1.29 is 14.2 Å². The van der Waals surface area contributed by atoms with Crippen molar-refractivity contribution in [1.29, 1.82) is 0 Å². The van der Waals surface area contributed by atoms with E-state index in [9.17, 15) is 4.39 Å². The number of aliphatic hydroxyl groups is 1. The van der Waals surface area contributed by atoms with Crippen molar-refractivity contribution in [3.8, 4) is 17.6 Å². The summed E-state index contributed by atoms with van der Waals surface area (Å²) in [5.41, 5.74) is 1.43. The number of halogens is 2. The summed E-state index contributed by atoms with van der Waals surface area (Å²) in [6.07, 6.45) is 0.340. The van der Waals surface area contributed by atoms with E-state index in [2.05, 4.69) is 11.8 Å². The molecule has 108 valence electrons. The molecular weight excluding hydrogens is 291 g/mol. The third-order valence-corrected chi connectivity index (χ3v) is 2.96. The van der Waals surface area contributed by atoms with Gasteiger partial charge in [-0.1, -0.05) is 35.6 Å². The zero-order chi connectivity index (χ0) is 15.1. The number of hydrogen-bond donors (Lipinski definition) is 1. The lowest BCUT2D eigenvalue weighted by Gasteiger charge is -2.08. The van der Waals surface area contributed by atoms with Gasteiger partial charge in [0.05, 0.1) is 12.2 Å². The van der Waals surface area contributed by atoms with Crippen molar-refractivity contribution in [3.63, 3.8) is 0 Å².